The van der Waals surface area contributed by atoms with Gasteiger partial charge in [-0.05, 0) is 13.8 Å². The van der Waals surface area contributed by atoms with Crippen molar-refractivity contribution in [2.45, 2.75) is 13.8 Å². The van der Waals surface area contributed by atoms with E-state index in [2.05, 4.69) is 5.32 Å². The molecule has 0 spiro atoms. The highest BCUT2D eigenvalue weighted by molar-refractivity contribution is 7.16. The fraction of sp³-hybridized carbons (Fsp3) is 0.364. The number of carboxylic acid groups (broad SMARTS) is 1. The first-order valence-electron chi connectivity index (χ1n) is 5.35. The summed E-state index contributed by atoms with van der Waals surface area (Å²) in [5.41, 5.74) is 0.268. The minimum atomic E-state index is -1.28. The van der Waals surface area contributed by atoms with Crippen molar-refractivity contribution in [1.29, 1.82) is 0 Å². The van der Waals surface area contributed by atoms with Gasteiger partial charge in [0.2, 0.25) is 0 Å². The zero-order chi connectivity index (χ0) is 14.6. The van der Waals surface area contributed by atoms with Crippen LogP contribution in [0.3, 0.4) is 0 Å². The van der Waals surface area contributed by atoms with E-state index >= 15 is 0 Å². The third-order valence-corrected chi connectivity index (χ3v) is 3.39. The Hall–Kier alpha value is -2.09. The maximum atomic E-state index is 11.6. The molecule has 0 aromatic carbocycles. The van der Waals surface area contributed by atoms with E-state index in [4.69, 9.17) is 14.6 Å². The molecule has 0 radical (unpaired) electrons. The van der Waals surface area contributed by atoms with Crippen LogP contribution in [0.15, 0.2) is 0 Å². The number of esters is 1. The maximum Gasteiger partial charge on any atom is 0.412 e. The summed E-state index contributed by atoms with van der Waals surface area (Å²) < 4.78 is 9.68. The summed E-state index contributed by atoms with van der Waals surface area (Å²) in [6.45, 7) is 3.30. The third-order valence-electron chi connectivity index (χ3n) is 2.15. The number of carbonyl (C=O) groups is 3. The lowest BCUT2D eigenvalue weighted by Gasteiger charge is -2.04. The molecule has 1 aromatic rings. The monoisotopic (exact) mass is 287 g/mol. The normalized spacial score (nSPS) is 9.84. The van der Waals surface area contributed by atoms with Crippen LogP contribution in [0, 0.1) is 6.92 Å². The average Bonchev–Trinajstić information content (AvgIpc) is 2.67. The summed E-state index contributed by atoms with van der Waals surface area (Å²) in [5, 5.41) is 11.3. The number of hydrogen-bond acceptors (Lipinski definition) is 6. The number of amides is 1. The highest BCUT2D eigenvalue weighted by atomic mass is 32.1. The van der Waals surface area contributed by atoms with Crippen molar-refractivity contribution in [3.8, 4) is 5.75 Å². The van der Waals surface area contributed by atoms with Crippen molar-refractivity contribution in [3.63, 3.8) is 0 Å². The number of aromatic carboxylic acids is 1. The lowest BCUT2D eigenvalue weighted by molar-refractivity contribution is 0.0530. The van der Waals surface area contributed by atoms with E-state index in [0.29, 0.717) is 11.3 Å². The summed E-state index contributed by atoms with van der Waals surface area (Å²) >= 11 is 0.716. The van der Waals surface area contributed by atoms with Crippen LogP contribution in [0.4, 0.5) is 4.79 Å². The molecule has 0 bridgehead atoms. The molecular weight excluding hydrogens is 274 g/mol. The van der Waals surface area contributed by atoms with Crippen LogP contribution < -0.4 is 10.1 Å². The van der Waals surface area contributed by atoms with Gasteiger partial charge in [0.1, 0.15) is 4.88 Å². The second-order valence-electron chi connectivity index (χ2n) is 3.38. The molecule has 8 heteroatoms. The zero-order valence-corrected chi connectivity index (χ0v) is 11.4. The van der Waals surface area contributed by atoms with Gasteiger partial charge in [-0.25, -0.2) is 14.4 Å². The van der Waals surface area contributed by atoms with Gasteiger partial charge in [-0.15, -0.1) is 11.3 Å². The van der Waals surface area contributed by atoms with Crippen molar-refractivity contribution in [3.05, 3.63) is 15.3 Å². The largest absolute Gasteiger partial charge is 0.477 e. The molecule has 1 amide bonds. The summed E-state index contributed by atoms with van der Waals surface area (Å²) in [6, 6.07) is 0. The minimum absolute atomic E-state index is 0.109. The van der Waals surface area contributed by atoms with Crippen LogP contribution in [0.25, 0.3) is 0 Å². The standard InChI is InChI=1S/C11H13NO6S/c1-4-17-10(15)7-5(2)6(18-11(16)12-3)8(19-7)9(13)14/h4H2,1-3H3,(H,12,16)(H,13,14). The molecule has 1 aromatic heterocycles. The van der Waals surface area contributed by atoms with Gasteiger partial charge in [0.25, 0.3) is 0 Å². The maximum absolute atomic E-state index is 11.6. The fourth-order valence-electron chi connectivity index (χ4n) is 1.30. The van der Waals surface area contributed by atoms with Gasteiger partial charge in [0.15, 0.2) is 10.6 Å². The Labute approximate surface area is 113 Å². The molecule has 0 fully saturated rings. The number of rotatable bonds is 4. The lowest BCUT2D eigenvalue weighted by atomic mass is 10.2. The van der Waals surface area contributed by atoms with Crippen LogP contribution >= 0.6 is 11.3 Å². The van der Waals surface area contributed by atoms with Gasteiger partial charge < -0.3 is 19.9 Å². The first kappa shape index (κ1) is 15.0. The number of ether oxygens (including phenoxy) is 2. The third kappa shape index (κ3) is 3.22. The van der Waals surface area contributed by atoms with E-state index in [9.17, 15) is 14.4 Å². The van der Waals surface area contributed by atoms with Gasteiger partial charge in [-0.3, -0.25) is 0 Å². The Morgan fingerprint density at radius 3 is 2.42 bits per heavy atom. The van der Waals surface area contributed by atoms with Gasteiger partial charge in [-0.2, -0.15) is 0 Å². The van der Waals surface area contributed by atoms with Crippen LogP contribution in [0.1, 0.15) is 31.8 Å². The van der Waals surface area contributed by atoms with Gasteiger partial charge in [-0.1, -0.05) is 0 Å². The quantitative estimate of drug-likeness (QED) is 0.816. The fourth-order valence-corrected chi connectivity index (χ4v) is 2.26. The van der Waals surface area contributed by atoms with Crippen LogP contribution in [-0.2, 0) is 4.74 Å². The van der Waals surface area contributed by atoms with Gasteiger partial charge in [0.05, 0.1) is 6.61 Å². The van der Waals surface area contributed by atoms with Crippen LogP contribution in [-0.4, -0.2) is 36.8 Å². The molecule has 0 saturated carbocycles. The zero-order valence-electron chi connectivity index (χ0n) is 10.6. The smallest absolute Gasteiger partial charge is 0.412 e. The van der Waals surface area contributed by atoms with E-state index in [1.165, 1.54) is 14.0 Å². The molecule has 0 saturated heterocycles. The first-order valence-corrected chi connectivity index (χ1v) is 6.17. The molecule has 7 nitrogen and oxygen atoms in total. The van der Waals surface area contributed by atoms with Crippen molar-refractivity contribution in [2.75, 3.05) is 13.7 Å². The minimum Gasteiger partial charge on any atom is -0.477 e. The predicted octanol–water partition coefficient (Wildman–Crippen LogP) is 1.65. The Morgan fingerprint density at radius 1 is 1.32 bits per heavy atom. The van der Waals surface area contributed by atoms with Crippen molar-refractivity contribution >= 4 is 29.4 Å². The first-order chi connectivity index (χ1) is 8.92. The molecule has 2 N–H and O–H groups in total. The summed E-state index contributed by atoms with van der Waals surface area (Å²) in [6.07, 6.45) is -0.807. The Kier molecular flexibility index (Phi) is 4.87. The summed E-state index contributed by atoms with van der Waals surface area (Å²) in [4.78, 5) is 33.8. The Morgan fingerprint density at radius 2 is 1.95 bits per heavy atom. The van der Waals surface area contributed by atoms with Crippen molar-refractivity contribution in [2.24, 2.45) is 0 Å². The predicted molar refractivity (Wildman–Crippen MR) is 67.1 cm³/mol. The molecule has 19 heavy (non-hydrogen) atoms. The van der Waals surface area contributed by atoms with E-state index in [1.807, 2.05) is 0 Å². The molecule has 0 aliphatic carbocycles. The van der Waals surface area contributed by atoms with Crippen molar-refractivity contribution in [1.82, 2.24) is 5.32 Å². The van der Waals surface area contributed by atoms with Gasteiger partial charge >= 0.3 is 18.0 Å². The van der Waals surface area contributed by atoms with E-state index in [0.717, 1.165) is 0 Å². The second kappa shape index (κ2) is 6.19. The number of thiophene rings is 1. The number of nitrogens with one attached hydrogen (secondary N) is 1. The average molecular weight is 287 g/mol. The summed E-state index contributed by atoms with van der Waals surface area (Å²) in [5.74, 6) is -2.05. The Balaban J connectivity index is 3.24. The SMILES string of the molecule is CCOC(=O)c1sc(C(=O)O)c(OC(=O)NC)c1C. The number of carboxylic acids is 1. The lowest BCUT2D eigenvalue weighted by Crippen LogP contribution is -2.23. The molecule has 0 unspecified atom stereocenters. The highest BCUT2D eigenvalue weighted by Crippen LogP contribution is 2.35. The Bertz CT molecular complexity index is 522. The second-order valence-corrected chi connectivity index (χ2v) is 4.40. The topological polar surface area (TPSA) is 102 Å². The van der Waals surface area contributed by atoms with E-state index in [-0.39, 0.29) is 27.7 Å². The molecule has 1 rings (SSSR count). The van der Waals surface area contributed by atoms with Crippen LogP contribution in [0.5, 0.6) is 5.75 Å². The highest BCUT2D eigenvalue weighted by Gasteiger charge is 2.27. The number of hydrogen-bond donors (Lipinski definition) is 2. The van der Waals surface area contributed by atoms with E-state index < -0.39 is 18.0 Å². The number of carbonyl (C=O) groups excluding carboxylic acids is 2. The van der Waals surface area contributed by atoms with E-state index in [1.54, 1.807) is 6.92 Å². The molecule has 0 aliphatic heterocycles. The summed E-state index contributed by atoms with van der Waals surface area (Å²) in [7, 11) is 1.34. The molecule has 0 atom stereocenters. The molecule has 0 aliphatic rings. The van der Waals surface area contributed by atoms with Gasteiger partial charge in [0, 0.05) is 12.6 Å². The van der Waals surface area contributed by atoms with Crippen LogP contribution in [0.2, 0.25) is 0 Å². The van der Waals surface area contributed by atoms with Crippen molar-refractivity contribution < 1.29 is 29.0 Å². The molecular formula is C11H13NO6S. The molecule has 1 heterocycles. The molecule has 104 valence electrons.